The van der Waals surface area contributed by atoms with E-state index in [1.165, 1.54) is 32.1 Å². The van der Waals surface area contributed by atoms with Crippen LogP contribution in [0.15, 0.2) is 18.2 Å². The standard InChI is InChI=1S/C14H21NO/c1-11-13(15)8-5-9-14(11)16-10-12-6-3-2-4-7-12/h5,8-9,12H,2-4,6-7,10,15H2,1H3. The number of rotatable bonds is 3. The molecule has 1 aliphatic rings. The van der Waals surface area contributed by atoms with Crippen molar-refractivity contribution in [2.45, 2.75) is 39.0 Å². The lowest BCUT2D eigenvalue weighted by Crippen LogP contribution is -2.15. The first-order valence-electron chi connectivity index (χ1n) is 6.25. The third-order valence-electron chi connectivity index (χ3n) is 3.53. The monoisotopic (exact) mass is 219 g/mol. The minimum atomic E-state index is 0.745. The van der Waals surface area contributed by atoms with E-state index in [2.05, 4.69) is 0 Å². The van der Waals surface area contributed by atoms with Crippen molar-refractivity contribution < 1.29 is 4.74 Å². The van der Waals surface area contributed by atoms with Gasteiger partial charge in [0.2, 0.25) is 0 Å². The van der Waals surface area contributed by atoms with Gasteiger partial charge in [-0.15, -0.1) is 0 Å². The van der Waals surface area contributed by atoms with Gasteiger partial charge in [0.05, 0.1) is 6.61 Å². The van der Waals surface area contributed by atoms with Crippen LogP contribution in [0, 0.1) is 12.8 Å². The third kappa shape index (κ3) is 2.69. The van der Waals surface area contributed by atoms with Crippen LogP contribution < -0.4 is 10.5 Å². The highest BCUT2D eigenvalue weighted by atomic mass is 16.5. The van der Waals surface area contributed by atoms with E-state index in [1.807, 2.05) is 25.1 Å². The molecule has 88 valence electrons. The third-order valence-corrected chi connectivity index (χ3v) is 3.53. The van der Waals surface area contributed by atoms with E-state index in [0.717, 1.165) is 29.5 Å². The van der Waals surface area contributed by atoms with Crippen molar-refractivity contribution in [3.05, 3.63) is 23.8 Å². The number of anilines is 1. The highest BCUT2D eigenvalue weighted by Crippen LogP contribution is 2.27. The summed E-state index contributed by atoms with van der Waals surface area (Å²) in [4.78, 5) is 0. The van der Waals surface area contributed by atoms with Crippen LogP contribution in [0.4, 0.5) is 5.69 Å². The Labute approximate surface area is 97.8 Å². The van der Waals surface area contributed by atoms with E-state index in [-0.39, 0.29) is 0 Å². The Balaban J connectivity index is 1.91. The summed E-state index contributed by atoms with van der Waals surface area (Å²) in [6.07, 6.45) is 6.77. The van der Waals surface area contributed by atoms with Crippen LogP contribution in [0.1, 0.15) is 37.7 Å². The average molecular weight is 219 g/mol. The Morgan fingerprint density at radius 1 is 1.25 bits per heavy atom. The fraction of sp³-hybridized carbons (Fsp3) is 0.571. The van der Waals surface area contributed by atoms with Crippen molar-refractivity contribution in [2.75, 3.05) is 12.3 Å². The molecule has 1 saturated carbocycles. The van der Waals surface area contributed by atoms with Crippen LogP contribution in [-0.2, 0) is 0 Å². The summed E-state index contributed by atoms with van der Waals surface area (Å²) in [5, 5.41) is 0. The zero-order valence-electron chi connectivity index (χ0n) is 10.0. The van der Waals surface area contributed by atoms with Gasteiger partial charge in [-0.05, 0) is 37.8 Å². The lowest BCUT2D eigenvalue weighted by molar-refractivity contribution is 0.208. The molecule has 2 rings (SSSR count). The first-order chi connectivity index (χ1) is 7.77. The highest BCUT2D eigenvalue weighted by Gasteiger charge is 2.14. The Hall–Kier alpha value is -1.18. The van der Waals surface area contributed by atoms with Gasteiger partial charge >= 0.3 is 0 Å². The lowest BCUT2D eigenvalue weighted by Gasteiger charge is -2.22. The van der Waals surface area contributed by atoms with Crippen molar-refractivity contribution in [2.24, 2.45) is 5.92 Å². The van der Waals surface area contributed by atoms with E-state index in [9.17, 15) is 0 Å². The molecule has 0 unspecified atom stereocenters. The lowest BCUT2D eigenvalue weighted by atomic mass is 9.90. The molecule has 0 aliphatic heterocycles. The van der Waals surface area contributed by atoms with E-state index in [4.69, 9.17) is 10.5 Å². The molecule has 16 heavy (non-hydrogen) atoms. The molecule has 1 aromatic rings. The van der Waals surface area contributed by atoms with Crippen LogP contribution >= 0.6 is 0 Å². The molecule has 0 atom stereocenters. The summed E-state index contributed by atoms with van der Waals surface area (Å²) >= 11 is 0. The zero-order valence-corrected chi connectivity index (χ0v) is 10.0. The number of hydrogen-bond donors (Lipinski definition) is 1. The van der Waals surface area contributed by atoms with Gasteiger partial charge in [0.1, 0.15) is 5.75 Å². The maximum atomic E-state index is 5.88. The van der Waals surface area contributed by atoms with Gasteiger partial charge < -0.3 is 10.5 Å². The molecule has 1 aliphatic carbocycles. The summed E-state index contributed by atoms with van der Waals surface area (Å²) in [7, 11) is 0. The fourth-order valence-corrected chi connectivity index (χ4v) is 2.35. The van der Waals surface area contributed by atoms with Gasteiger partial charge in [0.15, 0.2) is 0 Å². The molecule has 0 amide bonds. The molecule has 0 spiro atoms. The van der Waals surface area contributed by atoms with E-state index in [0.29, 0.717) is 0 Å². The van der Waals surface area contributed by atoms with Crippen molar-refractivity contribution in [3.8, 4) is 5.75 Å². The van der Waals surface area contributed by atoms with Gasteiger partial charge in [-0.1, -0.05) is 25.3 Å². The van der Waals surface area contributed by atoms with Gasteiger partial charge in [-0.25, -0.2) is 0 Å². The second-order valence-corrected chi connectivity index (χ2v) is 4.79. The topological polar surface area (TPSA) is 35.2 Å². The van der Waals surface area contributed by atoms with E-state index >= 15 is 0 Å². The van der Waals surface area contributed by atoms with Crippen LogP contribution in [0.25, 0.3) is 0 Å². The Bertz CT molecular complexity index is 343. The number of nitrogens with two attached hydrogens (primary N) is 1. The first-order valence-corrected chi connectivity index (χ1v) is 6.25. The summed E-state index contributed by atoms with van der Waals surface area (Å²) in [6.45, 7) is 2.87. The van der Waals surface area contributed by atoms with Crippen molar-refractivity contribution >= 4 is 5.69 Å². The van der Waals surface area contributed by atoms with Crippen LogP contribution in [0.3, 0.4) is 0 Å². The van der Waals surface area contributed by atoms with Gasteiger partial charge in [0, 0.05) is 11.3 Å². The first kappa shape index (κ1) is 11.3. The summed E-state index contributed by atoms with van der Waals surface area (Å²) in [6, 6.07) is 5.88. The predicted octanol–water partition coefficient (Wildman–Crippen LogP) is 3.54. The Morgan fingerprint density at radius 2 is 2.00 bits per heavy atom. The number of hydrogen-bond acceptors (Lipinski definition) is 2. The molecule has 2 nitrogen and oxygen atoms in total. The van der Waals surface area contributed by atoms with Crippen LogP contribution in [-0.4, -0.2) is 6.61 Å². The van der Waals surface area contributed by atoms with Crippen molar-refractivity contribution in [1.82, 2.24) is 0 Å². The molecular weight excluding hydrogens is 198 g/mol. The van der Waals surface area contributed by atoms with E-state index in [1.54, 1.807) is 0 Å². The Kier molecular flexibility index (Phi) is 3.70. The molecule has 1 fully saturated rings. The van der Waals surface area contributed by atoms with Crippen molar-refractivity contribution in [1.29, 1.82) is 0 Å². The molecule has 2 heteroatoms. The normalized spacial score (nSPS) is 17.3. The maximum absolute atomic E-state index is 5.88. The molecule has 0 aromatic heterocycles. The molecule has 0 radical (unpaired) electrons. The maximum Gasteiger partial charge on any atom is 0.124 e. The van der Waals surface area contributed by atoms with Crippen LogP contribution in [0.2, 0.25) is 0 Å². The number of ether oxygens (including phenoxy) is 1. The fourth-order valence-electron chi connectivity index (χ4n) is 2.35. The molecule has 0 bridgehead atoms. The second-order valence-electron chi connectivity index (χ2n) is 4.79. The Morgan fingerprint density at radius 3 is 2.75 bits per heavy atom. The zero-order chi connectivity index (χ0) is 11.4. The molecule has 0 saturated heterocycles. The summed E-state index contributed by atoms with van der Waals surface area (Å²) in [5.41, 5.74) is 7.74. The number of benzene rings is 1. The largest absolute Gasteiger partial charge is 0.493 e. The quantitative estimate of drug-likeness (QED) is 0.789. The number of nitrogen functional groups attached to an aromatic ring is 1. The minimum Gasteiger partial charge on any atom is -0.493 e. The van der Waals surface area contributed by atoms with Gasteiger partial charge in [-0.2, -0.15) is 0 Å². The molecule has 2 N–H and O–H groups in total. The van der Waals surface area contributed by atoms with Crippen molar-refractivity contribution in [3.63, 3.8) is 0 Å². The predicted molar refractivity (Wildman–Crippen MR) is 67.7 cm³/mol. The van der Waals surface area contributed by atoms with Gasteiger partial charge in [0.25, 0.3) is 0 Å². The van der Waals surface area contributed by atoms with E-state index < -0.39 is 0 Å². The smallest absolute Gasteiger partial charge is 0.124 e. The highest BCUT2D eigenvalue weighted by molar-refractivity contribution is 5.53. The molecule has 0 heterocycles. The second kappa shape index (κ2) is 5.24. The average Bonchev–Trinajstić information content (AvgIpc) is 2.32. The minimum absolute atomic E-state index is 0.745. The SMILES string of the molecule is Cc1c(N)cccc1OCC1CCCCC1. The molecular formula is C14H21NO. The summed E-state index contributed by atoms with van der Waals surface area (Å²) in [5.74, 6) is 1.69. The molecule has 1 aromatic carbocycles. The van der Waals surface area contributed by atoms with Gasteiger partial charge in [-0.3, -0.25) is 0 Å². The van der Waals surface area contributed by atoms with Crippen LogP contribution in [0.5, 0.6) is 5.75 Å². The summed E-state index contributed by atoms with van der Waals surface area (Å²) < 4.78 is 5.88.